The zero-order valence-corrected chi connectivity index (χ0v) is 11.7. The zero-order chi connectivity index (χ0) is 12.1. The van der Waals surface area contributed by atoms with Crippen LogP contribution in [-0.4, -0.2) is 22.2 Å². The molecule has 1 aromatic rings. The van der Waals surface area contributed by atoms with Crippen molar-refractivity contribution in [2.24, 2.45) is 0 Å². The Morgan fingerprint density at radius 3 is 2.31 bits per heavy atom. The van der Waals surface area contributed by atoms with E-state index in [2.05, 4.69) is 13.8 Å². The van der Waals surface area contributed by atoms with Crippen LogP contribution in [0.15, 0.2) is 18.2 Å². The molecule has 0 bridgehead atoms. The largest absolute Gasteiger partial charge is 0.392 e. The Bertz CT molecular complexity index is 322. The number of benzene rings is 1. The molecule has 16 heavy (non-hydrogen) atoms. The van der Waals surface area contributed by atoms with Crippen LogP contribution in [0, 0.1) is 0 Å². The van der Waals surface area contributed by atoms with E-state index in [0.717, 1.165) is 5.56 Å². The van der Waals surface area contributed by atoms with Crippen LogP contribution in [0.3, 0.4) is 0 Å². The van der Waals surface area contributed by atoms with Crippen LogP contribution in [0.2, 0.25) is 10.0 Å². The number of hydrogen-bond donors (Lipinski definition) is 1. The second-order valence-corrected chi connectivity index (χ2v) is 6.36. The topological polar surface area (TPSA) is 20.2 Å². The highest BCUT2D eigenvalue weighted by Gasteiger charge is 2.12. The predicted molar refractivity (Wildman–Crippen MR) is 73.8 cm³/mol. The lowest BCUT2D eigenvalue weighted by molar-refractivity contribution is 0.200. The minimum atomic E-state index is -0.398. The van der Waals surface area contributed by atoms with Crippen molar-refractivity contribution < 1.29 is 5.11 Å². The Hall–Kier alpha value is 0.110. The van der Waals surface area contributed by atoms with Gasteiger partial charge in [0.25, 0.3) is 0 Å². The van der Waals surface area contributed by atoms with E-state index in [1.54, 1.807) is 23.9 Å². The Morgan fingerprint density at radius 2 is 1.81 bits per heavy atom. The van der Waals surface area contributed by atoms with Gasteiger partial charge in [0.05, 0.1) is 6.10 Å². The maximum Gasteiger partial charge on any atom is 0.0672 e. The molecule has 0 aliphatic rings. The zero-order valence-electron chi connectivity index (χ0n) is 9.41. The summed E-state index contributed by atoms with van der Waals surface area (Å²) in [6.07, 6.45) is 0.114. The van der Waals surface area contributed by atoms with E-state index < -0.39 is 6.10 Å². The molecular formula is C12H16Cl2OS. The first kappa shape index (κ1) is 14.2. The Kier molecular flexibility index (Phi) is 5.98. The first-order valence-electron chi connectivity index (χ1n) is 5.23. The lowest BCUT2D eigenvalue weighted by atomic mass is 10.1. The van der Waals surface area contributed by atoms with Crippen molar-refractivity contribution in [2.45, 2.75) is 31.6 Å². The summed E-state index contributed by atoms with van der Waals surface area (Å²) in [5.74, 6) is 0.708. The van der Waals surface area contributed by atoms with Gasteiger partial charge in [-0.25, -0.2) is 0 Å². The van der Waals surface area contributed by atoms with E-state index in [1.807, 2.05) is 6.07 Å². The average molecular weight is 279 g/mol. The van der Waals surface area contributed by atoms with E-state index in [9.17, 15) is 5.11 Å². The van der Waals surface area contributed by atoms with Gasteiger partial charge < -0.3 is 5.11 Å². The van der Waals surface area contributed by atoms with Crippen LogP contribution in [0.4, 0.5) is 0 Å². The molecule has 0 radical (unpaired) electrons. The molecule has 1 N–H and O–H groups in total. The molecule has 1 rings (SSSR count). The molecule has 0 fully saturated rings. The molecular weight excluding hydrogens is 263 g/mol. The highest BCUT2D eigenvalue weighted by molar-refractivity contribution is 7.99. The van der Waals surface area contributed by atoms with Gasteiger partial charge in [-0.05, 0) is 22.9 Å². The Balaban J connectivity index is 2.59. The van der Waals surface area contributed by atoms with Crippen molar-refractivity contribution in [3.8, 4) is 0 Å². The molecule has 0 amide bonds. The fraction of sp³-hybridized carbons (Fsp3) is 0.500. The van der Waals surface area contributed by atoms with E-state index in [4.69, 9.17) is 23.2 Å². The molecule has 0 spiro atoms. The van der Waals surface area contributed by atoms with Crippen molar-refractivity contribution in [2.75, 3.05) is 5.75 Å². The second-order valence-electron chi connectivity index (χ2n) is 3.94. The monoisotopic (exact) mass is 278 g/mol. The van der Waals surface area contributed by atoms with Gasteiger partial charge in [-0.1, -0.05) is 43.1 Å². The van der Waals surface area contributed by atoms with Crippen molar-refractivity contribution in [3.05, 3.63) is 33.8 Å². The van der Waals surface area contributed by atoms with Gasteiger partial charge in [0.2, 0.25) is 0 Å². The molecule has 1 aromatic carbocycles. The van der Waals surface area contributed by atoms with Crippen molar-refractivity contribution in [1.29, 1.82) is 0 Å². The molecule has 1 unspecified atom stereocenters. The van der Waals surface area contributed by atoms with Gasteiger partial charge in [0, 0.05) is 22.2 Å². The minimum Gasteiger partial charge on any atom is -0.392 e. The Labute approximate surface area is 111 Å². The third-order valence-corrected chi connectivity index (χ3v) is 4.08. The Morgan fingerprint density at radius 1 is 1.25 bits per heavy atom. The van der Waals surface area contributed by atoms with E-state index in [-0.39, 0.29) is 0 Å². The summed E-state index contributed by atoms with van der Waals surface area (Å²) in [5.41, 5.74) is 0.836. The summed E-state index contributed by atoms with van der Waals surface area (Å²) in [5, 5.41) is 11.6. The minimum absolute atomic E-state index is 0.398. The number of hydrogen-bond acceptors (Lipinski definition) is 2. The van der Waals surface area contributed by atoms with Gasteiger partial charge in [-0.15, -0.1) is 0 Å². The number of halogens is 2. The van der Waals surface area contributed by atoms with E-state index >= 15 is 0 Å². The second kappa shape index (κ2) is 6.75. The first-order chi connectivity index (χ1) is 7.50. The average Bonchev–Trinajstić information content (AvgIpc) is 2.21. The maximum atomic E-state index is 9.86. The van der Waals surface area contributed by atoms with Crippen LogP contribution in [0.1, 0.15) is 19.4 Å². The summed E-state index contributed by atoms with van der Waals surface area (Å²) in [6.45, 7) is 4.22. The summed E-state index contributed by atoms with van der Waals surface area (Å²) < 4.78 is 0. The van der Waals surface area contributed by atoms with Crippen molar-refractivity contribution in [1.82, 2.24) is 0 Å². The van der Waals surface area contributed by atoms with Gasteiger partial charge in [-0.2, -0.15) is 11.8 Å². The van der Waals surface area contributed by atoms with Crippen molar-refractivity contribution >= 4 is 35.0 Å². The quantitative estimate of drug-likeness (QED) is 0.877. The number of aliphatic hydroxyl groups excluding tert-OH is 1. The summed E-state index contributed by atoms with van der Waals surface area (Å²) in [6, 6.07) is 5.40. The third kappa shape index (κ3) is 4.54. The number of thioether (sulfide) groups is 1. The van der Waals surface area contributed by atoms with Crippen LogP contribution in [0.25, 0.3) is 0 Å². The van der Waals surface area contributed by atoms with Crippen LogP contribution >= 0.6 is 35.0 Å². The molecule has 0 aliphatic carbocycles. The molecule has 0 aromatic heterocycles. The summed E-state index contributed by atoms with van der Waals surface area (Å²) in [7, 11) is 0. The number of rotatable bonds is 5. The van der Waals surface area contributed by atoms with Gasteiger partial charge in [0.1, 0.15) is 0 Å². The molecule has 0 aliphatic heterocycles. The highest BCUT2D eigenvalue weighted by atomic mass is 35.5. The molecule has 90 valence electrons. The van der Waals surface area contributed by atoms with E-state index in [1.165, 1.54) is 0 Å². The van der Waals surface area contributed by atoms with Gasteiger partial charge in [0.15, 0.2) is 0 Å². The molecule has 0 saturated heterocycles. The SMILES string of the molecule is CC(C)SCC(O)Cc1c(Cl)cccc1Cl. The fourth-order valence-electron chi connectivity index (χ4n) is 1.33. The van der Waals surface area contributed by atoms with Crippen LogP contribution < -0.4 is 0 Å². The lowest BCUT2D eigenvalue weighted by Gasteiger charge is -2.14. The third-order valence-electron chi connectivity index (χ3n) is 2.12. The van der Waals surface area contributed by atoms with Crippen molar-refractivity contribution in [3.63, 3.8) is 0 Å². The lowest BCUT2D eigenvalue weighted by Crippen LogP contribution is -2.15. The molecule has 1 atom stereocenters. The molecule has 1 nitrogen and oxygen atoms in total. The fourth-order valence-corrected chi connectivity index (χ4v) is 2.60. The predicted octanol–water partition coefficient (Wildman–Crippen LogP) is 4.04. The molecule has 4 heteroatoms. The summed E-state index contributed by atoms with van der Waals surface area (Å²) >= 11 is 13.8. The highest BCUT2D eigenvalue weighted by Crippen LogP contribution is 2.26. The van der Waals surface area contributed by atoms with Crippen LogP contribution in [-0.2, 0) is 6.42 Å². The number of aliphatic hydroxyl groups is 1. The normalized spacial score (nSPS) is 13.1. The standard InChI is InChI=1S/C12H16Cl2OS/c1-8(2)16-7-9(15)6-10-11(13)4-3-5-12(10)14/h3-5,8-9,15H,6-7H2,1-2H3. The summed E-state index contributed by atoms with van der Waals surface area (Å²) in [4.78, 5) is 0. The van der Waals surface area contributed by atoms with Gasteiger partial charge >= 0.3 is 0 Å². The van der Waals surface area contributed by atoms with Gasteiger partial charge in [-0.3, -0.25) is 0 Å². The molecule has 0 saturated carbocycles. The smallest absolute Gasteiger partial charge is 0.0672 e. The van der Waals surface area contributed by atoms with Crippen LogP contribution in [0.5, 0.6) is 0 Å². The first-order valence-corrected chi connectivity index (χ1v) is 7.03. The van der Waals surface area contributed by atoms with E-state index in [0.29, 0.717) is 27.5 Å². The maximum absolute atomic E-state index is 9.86. The molecule has 0 heterocycles.